The van der Waals surface area contributed by atoms with Crippen molar-refractivity contribution in [3.63, 3.8) is 0 Å². The van der Waals surface area contributed by atoms with Crippen LogP contribution in [-0.2, 0) is 22.6 Å². The number of fused-ring (bicyclic) bond motifs is 1. The zero-order valence-electron chi connectivity index (χ0n) is 22.5. The average Bonchev–Trinajstić information content (AvgIpc) is 3.27. The van der Waals surface area contributed by atoms with Crippen molar-refractivity contribution >= 4 is 29.0 Å². The number of hydrogen-bond acceptors (Lipinski definition) is 5. The molecule has 37 heavy (non-hydrogen) atoms. The number of H-pyrrole nitrogens is 1. The highest BCUT2D eigenvalue weighted by Crippen LogP contribution is 2.18. The molecule has 8 heteroatoms. The van der Waals surface area contributed by atoms with Crippen molar-refractivity contribution < 1.29 is 19.2 Å². The predicted octanol–water partition coefficient (Wildman–Crippen LogP) is 4.35. The maximum atomic E-state index is 12.5. The number of Topliss-reactive ketones (excluding diaryl/α,β-unsaturated/α-hetero) is 1. The first-order chi connectivity index (χ1) is 17.5. The van der Waals surface area contributed by atoms with E-state index in [1.165, 1.54) is 17.6 Å². The third-order valence-corrected chi connectivity index (χ3v) is 5.93. The number of aryl methyl sites for hydroxylation is 1. The van der Waals surface area contributed by atoms with Crippen molar-refractivity contribution in [2.75, 3.05) is 26.7 Å². The Morgan fingerprint density at radius 2 is 1.73 bits per heavy atom. The number of ketones is 1. The Morgan fingerprint density at radius 1 is 1.03 bits per heavy atom. The number of likely N-dealkylation sites (N-methyl/N-ethyl adjacent to an activating group) is 1. The minimum absolute atomic E-state index is 0.00166. The van der Waals surface area contributed by atoms with Gasteiger partial charge >= 0.3 is 0 Å². The Balaban J connectivity index is 1.37. The fourth-order valence-electron chi connectivity index (χ4n) is 4.03. The monoisotopic (exact) mass is 506 g/mol. The summed E-state index contributed by atoms with van der Waals surface area (Å²) >= 11 is 0. The van der Waals surface area contributed by atoms with E-state index in [0.717, 1.165) is 42.4 Å². The van der Waals surface area contributed by atoms with Crippen LogP contribution < -0.4 is 5.32 Å². The SMILES string of the molecule is CC(=O)c1ccc2[nH]c(C(=O)NCCN(C)CCCc3ccc(CN(C=O)OC(C)(C)C)cc3)cc2c1. The molecule has 2 amide bonds. The average molecular weight is 507 g/mol. The van der Waals surface area contributed by atoms with Crippen LogP contribution in [-0.4, -0.2) is 65.3 Å². The molecule has 0 fully saturated rings. The number of nitrogens with one attached hydrogen (secondary N) is 2. The summed E-state index contributed by atoms with van der Waals surface area (Å²) < 4.78 is 0. The summed E-state index contributed by atoms with van der Waals surface area (Å²) in [6.45, 7) is 9.87. The van der Waals surface area contributed by atoms with Gasteiger partial charge in [0, 0.05) is 29.6 Å². The molecule has 1 heterocycles. The van der Waals surface area contributed by atoms with Crippen LogP contribution in [0.25, 0.3) is 10.9 Å². The van der Waals surface area contributed by atoms with Crippen molar-refractivity contribution in [2.45, 2.75) is 52.7 Å². The standard InChI is InChI=1S/C29H38N4O4/c1-21(35)24-12-13-26-25(17-24)18-27(31-26)28(36)30-14-16-32(5)15-6-7-22-8-10-23(11-9-22)19-33(20-34)37-29(2,3)4/h8-13,17-18,20,31H,6-7,14-16,19H2,1-5H3,(H,30,36). The first-order valence-electron chi connectivity index (χ1n) is 12.6. The topological polar surface area (TPSA) is 94.7 Å². The number of hydroxylamine groups is 2. The van der Waals surface area contributed by atoms with E-state index in [2.05, 4.69) is 27.3 Å². The zero-order valence-corrected chi connectivity index (χ0v) is 22.5. The normalized spacial score (nSPS) is 11.6. The number of aromatic amines is 1. The van der Waals surface area contributed by atoms with Crippen LogP contribution in [0.2, 0.25) is 0 Å². The molecular weight excluding hydrogens is 468 g/mol. The molecule has 0 atom stereocenters. The van der Waals surface area contributed by atoms with E-state index >= 15 is 0 Å². The van der Waals surface area contributed by atoms with Crippen molar-refractivity contribution in [2.24, 2.45) is 0 Å². The van der Waals surface area contributed by atoms with Crippen molar-refractivity contribution in [1.29, 1.82) is 0 Å². The molecular formula is C29H38N4O4. The summed E-state index contributed by atoms with van der Waals surface area (Å²) in [6.07, 6.45) is 2.66. The molecule has 0 bridgehead atoms. The molecule has 0 unspecified atom stereocenters. The third kappa shape index (κ3) is 8.84. The molecule has 3 rings (SSSR count). The van der Waals surface area contributed by atoms with Crippen LogP contribution in [0, 0.1) is 0 Å². The first kappa shape index (κ1) is 28.1. The lowest BCUT2D eigenvalue weighted by Gasteiger charge is -2.26. The van der Waals surface area contributed by atoms with Crippen LogP contribution in [0.15, 0.2) is 48.5 Å². The Bertz CT molecular complexity index is 1210. The smallest absolute Gasteiger partial charge is 0.267 e. The van der Waals surface area contributed by atoms with E-state index in [4.69, 9.17) is 4.84 Å². The highest BCUT2D eigenvalue weighted by molar-refractivity contribution is 6.01. The fourth-order valence-corrected chi connectivity index (χ4v) is 4.03. The van der Waals surface area contributed by atoms with Gasteiger partial charge in [0.15, 0.2) is 5.78 Å². The minimum Gasteiger partial charge on any atom is -0.351 e. The number of amides is 2. The van der Waals surface area contributed by atoms with Crippen LogP contribution in [0.1, 0.15) is 66.1 Å². The summed E-state index contributed by atoms with van der Waals surface area (Å²) in [5, 5.41) is 5.13. The van der Waals surface area contributed by atoms with E-state index in [1.54, 1.807) is 18.2 Å². The van der Waals surface area contributed by atoms with Gasteiger partial charge in [-0.15, -0.1) is 0 Å². The van der Waals surface area contributed by atoms with Gasteiger partial charge in [-0.05, 0) is 89.5 Å². The molecule has 0 radical (unpaired) electrons. The lowest BCUT2D eigenvalue weighted by molar-refractivity contribution is -0.220. The molecule has 0 spiro atoms. The molecule has 8 nitrogen and oxygen atoms in total. The maximum Gasteiger partial charge on any atom is 0.267 e. The number of carbonyl (C=O) groups is 3. The summed E-state index contributed by atoms with van der Waals surface area (Å²) in [6, 6.07) is 15.4. The molecule has 0 saturated carbocycles. The van der Waals surface area contributed by atoms with Crippen molar-refractivity contribution in [3.8, 4) is 0 Å². The first-order valence-corrected chi connectivity index (χ1v) is 12.6. The maximum absolute atomic E-state index is 12.5. The molecule has 0 aliphatic carbocycles. The Morgan fingerprint density at radius 3 is 2.38 bits per heavy atom. The number of hydrogen-bond donors (Lipinski definition) is 2. The Labute approximate surface area is 218 Å². The second-order valence-corrected chi connectivity index (χ2v) is 10.4. The molecule has 2 aromatic carbocycles. The molecule has 0 aliphatic rings. The molecule has 198 valence electrons. The quantitative estimate of drug-likeness (QED) is 0.204. The summed E-state index contributed by atoms with van der Waals surface area (Å²) in [5.74, 6) is -0.156. The summed E-state index contributed by atoms with van der Waals surface area (Å²) in [5.41, 5.74) is 3.79. The Kier molecular flexibility index (Phi) is 9.60. The van der Waals surface area contributed by atoms with E-state index in [0.29, 0.717) is 30.8 Å². The van der Waals surface area contributed by atoms with E-state index in [1.807, 2.05) is 46.0 Å². The number of aromatic nitrogens is 1. The third-order valence-electron chi connectivity index (χ3n) is 5.93. The van der Waals surface area contributed by atoms with Gasteiger partial charge in [0.1, 0.15) is 5.69 Å². The van der Waals surface area contributed by atoms with E-state index in [9.17, 15) is 14.4 Å². The van der Waals surface area contributed by atoms with Crippen LogP contribution in [0.3, 0.4) is 0 Å². The van der Waals surface area contributed by atoms with E-state index in [-0.39, 0.29) is 11.7 Å². The van der Waals surface area contributed by atoms with Crippen molar-refractivity contribution in [1.82, 2.24) is 20.3 Å². The fraction of sp³-hybridized carbons (Fsp3) is 0.414. The molecule has 2 N–H and O–H groups in total. The molecule has 0 saturated heterocycles. The molecule has 0 aliphatic heterocycles. The number of rotatable bonds is 13. The van der Waals surface area contributed by atoms with Gasteiger partial charge in [0.2, 0.25) is 6.41 Å². The van der Waals surface area contributed by atoms with Gasteiger partial charge in [-0.2, -0.15) is 0 Å². The van der Waals surface area contributed by atoms with Gasteiger partial charge in [0.05, 0.1) is 12.1 Å². The largest absolute Gasteiger partial charge is 0.351 e. The number of benzene rings is 2. The summed E-state index contributed by atoms with van der Waals surface area (Å²) in [4.78, 5) is 46.3. The van der Waals surface area contributed by atoms with Gasteiger partial charge in [0.25, 0.3) is 5.91 Å². The second-order valence-electron chi connectivity index (χ2n) is 10.4. The molecule has 1 aromatic heterocycles. The van der Waals surface area contributed by atoms with E-state index < -0.39 is 5.60 Å². The lowest BCUT2D eigenvalue weighted by Crippen LogP contribution is -2.33. The van der Waals surface area contributed by atoms with Gasteiger partial charge in [-0.1, -0.05) is 24.3 Å². The van der Waals surface area contributed by atoms with Crippen LogP contribution in [0.5, 0.6) is 0 Å². The zero-order chi connectivity index (χ0) is 27.0. The lowest BCUT2D eigenvalue weighted by atomic mass is 10.1. The van der Waals surface area contributed by atoms with Gasteiger partial charge in [-0.25, -0.2) is 5.06 Å². The number of carbonyl (C=O) groups excluding carboxylic acids is 3. The van der Waals surface area contributed by atoms with Crippen LogP contribution in [0.4, 0.5) is 0 Å². The highest BCUT2D eigenvalue weighted by Gasteiger charge is 2.16. The summed E-state index contributed by atoms with van der Waals surface area (Å²) in [7, 11) is 2.05. The molecule has 3 aromatic rings. The van der Waals surface area contributed by atoms with Crippen LogP contribution >= 0.6 is 0 Å². The van der Waals surface area contributed by atoms with Gasteiger partial charge in [-0.3, -0.25) is 19.2 Å². The highest BCUT2D eigenvalue weighted by atomic mass is 16.7. The van der Waals surface area contributed by atoms with Gasteiger partial charge < -0.3 is 15.2 Å². The minimum atomic E-state index is -0.423. The second kappa shape index (κ2) is 12.7. The predicted molar refractivity (Wildman–Crippen MR) is 145 cm³/mol. The van der Waals surface area contributed by atoms with Crippen molar-refractivity contribution in [3.05, 3.63) is 70.9 Å². The Hall–Kier alpha value is -3.49. The number of nitrogens with zero attached hydrogens (tertiary/aromatic N) is 2.